The molecule has 0 aliphatic rings. The Morgan fingerprint density at radius 1 is 1.42 bits per heavy atom. The fourth-order valence-corrected chi connectivity index (χ4v) is 1.43. The van der Waals surface area contributed by atoms with E-state index in [1.165, 1.54) is 23.4 Å². The number of benzene rings is 1. The molecule has 2 N–H and O–H groups in total. The van der Waals surface area contributed by atoms with E-state index in [4.69, 9.17) is 5.11 Å². The largest absolute Gasteiger partial charge is 0.478 e. The highest BCUT2D eigenvalue weighted by molar-refractivity contribution is 5.92. The van der Waals surface area contributed by atoms with Crippen LogP contribution in [0.4, 0.5) is 10.1 Å². The lowest BCUT2D eigenvalue weighted by atomic mass is 10.2. The molecule has 2 aromatic rings. The summed E-state index contributed by atoms with van der Waals surface area (Å²) in [5.41, 5.74) is -0.276. The van der Waals surface area contributed by atoms with Crippen molar-refractivity contribution in [1.29, 1.82) is 0 Å². The van der Waals surface area contributed by atoms with E-state index in [9.17, 15) is 14.0 Å². The van der Waals surface area contributed by atoms with Crippen molar-refractivity contribution in [1.82, 2.24) is 14.8 Å². The number of aromatic nitrogens is 3. The smallest absolute Gasteiger partial charge is 0.338 e. The van der Waals surface area contributed by atoms with E-state index in [0.29, 0.717) is 0 Å². The second kappa shape index (κ2) is 5.25. The first-order chi connectivity index (χ1) is 9.06. The summed E-state index contributed by atoms with van der Waals surface area (Å²) in [5, 5.41) is 14.8. The van der Waals surface area contributed by atoms with Gasteiger partial charge >= 0.3 is 5.97 Å². The van der Waals surface area contributed by atoms with Crippen molar-refractivity contribution in [3.8, 4) is 0 Å². The maximum absolute atomic E-state index is 13.4. The van der Waals surface area contributed by atoms with Gasteiger partial charge in [0.15, 0.2) is 0 Å². The van der Waals surface area contributed by atoms with Crippen LogP contribution in [0.25, 0.3) is 0 Å². The summed E-state index contributed by atoms with van der Waals surface area (Å²) >= 11 is 0. The number of aromatic carboxylic acids is 1. The number of carbonyl (C=O) groups excluding carboxylic acids is 1. The molecule has 0 aliphatic heterocycles. The molecule has 0 fully saturated rings. The number of carbonyl (C=O) groups is 2. The highest BCUT2D eigenvalue weighted by atomic mass is 19.1. The fourth-order valence-electron chi connectivity index (χ4n) is 1.43. The molecular formula is C11H9FN4O3. The zero-order valence-corrected chi connectivity index (χ0v) is 9.58. The molecule has 19 heavy (non-hydrogen) atoms. The van der Waals surface area contributed by atoms with Gasteiger partial charge in [0.25, 0.3) is 0 Å². The molecule has 1 heterocycles. The Morgan fingerprint density at radius 2 is 2.21 bits per heavy atom. The molecule has 98 valence electrons. The highest BCUT2D eigenvalue weighted by Gasteiger charge is 2.11. The molecular weight excluding hydrogens is 255 g/mol. The molecule has 7 nitrogen and oxygen atoms in total. The van der Waals surface area contributed by atoms with Crippen LogP contribution >= 0.6 is 0 Å². The van der Waals surface area contributed by atoms with Crippen LogP contribution in [0.3, 0.4) is 0 Å². The molecule has 1 amide bonds. The lowest BCUT2D eigenvalue weighted by molar-refractivity contribution is -0.116. The van der Waals surface area contributed by atoms with Crippen molar-refractivity contribution >= 4 is 17.6 Å². The van der Waals surface area contributed by atoms with E-state index in [0.717, 1.165) is 12.1 Å². The van der Waals surface area contributed by atoms with E-state index in [1.54, 1.807) is 0 Å². The maximum Gasteiger partial charge on any atom is 0.338 e. The second-order valence-corrected chi connectivity index (χ2v) is 3.64. The molecule has 0 spiro atoms. The van der Waals surface area contributed by atoms with Gasteiger partial charge in [0, 0.05) is 5.69 Å². The van der Waals surface area contributed by atoms with Gasteiger partial charge in [-0.15, -0.1) is 0 Å². The number of nitrogens with one attached hydrogen (secondary N) is 1. The number of anilines is 1. The van der Waals surface area contributed by atoms with Gasteiger partial charge in [-0.2, -0.15) is 5.10 Å². The van der Waals surface area contributed by atoms with Crippen molar-refractivity contribution in [2.24, 2.45) is 0 Å². The van der Waals surface area contributed by atoms with Crippen molar-refractivity contribution in [2.45, 2.75) is 6.54 Å². The Balaban J connectivity index is 2.05. The molecule has 0 saturated carbocycles. The van der Waals surface area contributed by atoms with Crippen LogP contribution in [0.1, 0.15) is 10.4 Å². The number of amides is 1. The van der Waals surface area contributed by atoms with Crippen LogP contribution in [0.2, 0.25) is 0 Å². The number of halogens is 1. The predicted octanol–water partition coefficient (Wildman–Crippen LogP) is 0.754. The van der Waals surface area contributed by atoms with E-state index < -0.39 is 23.3 Å². The second-order valence-electron chi connectivity index (χ2n) is 3.64. The number of carboxylic acid groups (broad SMARTS) is 1. The van der Waals surface area contributed by atoms with E-state index >= 15 is 0 Å². The van der Waals surface area contributed by atoms with E-state index in [1.807, 2.05) is 0 Å². The quantitative estimate of drug-likeness (QED) is 0.849. The van der Waals surface area contributed by atoms with Crippen LogP contribution in [0.5, 0.6) is 0 Å². The monoisotopic (exact) mass is 264 g/mol. The van der Waals surface area contributed by atoms with Crippen molar-refractivity contribution < 1.29 is 19.1 Å². The zero-order chi connectivity index (χ0) is 13.8. The summed E-state index contributed by atoms with van der Waals surface area (Å²) in [4.78, 5) is 25.9. The summed E-state index contributed by atoms with van der Waals surface area (Å²) in [7, 11) is 0. The highest BCUT2D eigenvalue weighted by Crippen LogP contribution is 2.14. The number of nitrogens with zero attached hydrogens (tertiary/aromatic N) is 3. The summed E-state index contributed by atoms with van der Waals surface area (Å²) in [5.74, 6) is -2.70. The van der Waals surface area contributed by atoms with E-state index in [-0.39, 0.29) is 12.2 Å². The third kappa shape index (κ3) is 3.12. The normalized spacial score (nSPS) is 10.2. The Morgan fingerprint density at radius 3 is 2.79 bits per heavy atom. The average Bonchev–Trinajstić information content (AvgIpc) is 2.81. The third-order valence-electron chi connectivity index (χ3n) is 2.26. The molecule has 8 heteroatoms. The van der Waals surface area contributed by atoms with Crippen LogP contribution in [-0.4, -0.2) is 31.7 Å². The summed E-state index contributed by atoms with van der Waals surface area (Å²) in [6.07, 6.45) is 2.66. The first-order valence-electron chi connectivity index (χ1n) is 5.21. The molecule has 2 rings (SSSR count). The number of hydrogen-bond donors (Lipinski definition) is 2. The van der Waals surface area contributed by atoms with Gasteiger partial charge in [-0.1, -0.05) is 0 Å². The predicted molar refractivity (Wildman–Crippen MR) is 62.0 cm³/mol. The lowest BCUT2D eigenvalue weighted by Gasteiger charge is -2.06. The minimum atomic E-state index is -1.36. The Hall–Kier alpha value is -2.77. The number of hydrogen-bond acceptors (Lipinski definition) is 4. The molecule has 1 aromatic heterocycles. The lowest BCUT2D eigenvalue weighted by Crippen LogP contribution is -2.19. The first kappa shape index (κ1) is 12.7. The molecule has 0 bridgehead atoms. The summed E-state index contributed by atoms with van der Waals surface area (Å²) in [6.45, 7) is -0.0672. The van der Waals surface area contributed by atoms with Gasteiger partial charge in [-0.3, -0.25) is 4.79 Å². The van der Waals surface area contributed by atoms with Crippen LogP contribution in [0, 0.1) is 5.82 Å². The first-order valence-corrected chi connectivity index (χ1v) is 5.21. The van der Waals surface area contributed by atoms with Gasteiger partial charge in [0.05, 0.1) is 5.56 Å². The SMILES string of the molecule is O=C(Cn1cncn1)Nc1ccc(C(=O)O)c(F)c1. The Kier molecular flexibility index (Phi) is 3.51. The van der Waals surface area contributed by atoms with Crippen molar-refractivity contribution in [2.75, 3.05) is 5.32 Å². The van der Waals surface area contributed by atoms with Gasteiger partial charge < -0.3 is 10.4 Å². The van der Waals surface area contributed by atoms with Gasteiger partial charge in [-0.05, 0) is 18.2 Å². The Bertz CT molecular complexity index is 612. The van der Waals surface area contributed by atoms with Crippen LogP contribution < -0.4 is 5.32 Å². The molecule has 0 atom stereocenters. The average molecular weight is 264 g/mol. The van der Waals surface area contributed by atoms with E-state index in [2.05, 4.69) is 15.4 Å². The number of rotatable bonds is 4. The molecule has 0 saturated heterocycles. The van der Waals surface area contributed by atoms with Crippen molar-refractivity contribution in [3.05, 3.63) is 42.2 Å². The van der Waals surface area contributed by atoms with Crippen LogP contribution in [-0.2, 0) is 11.3 Å². The molecule has 0 unspecified atom stereocenters. The fraction of sp³-hybridized carbons (Fsp3) is 0.0909. The van der Waals surface area contributed by atoms with Gasteiger partial charge in [0.1, 0.15) is 25.0 Å². The minimum Gasteiger partial charge on any atom is -0.478 e. The van der Waals surface area contributed by atoms with Crippen LogP contribution in [0.15, 0.2) is 30.9 Å². The Labute approximate surface area is 106 Å². The summed E-state index contributed by atoms with van der Waals surface area (Å²) < 4.78 is 14.7. The third-order valence-corrected chi connectivity index (χ3v) is 2.26. The standard InChI is InChI=1S/C11H9FN4O3/c12-9-3-7(1-2-8(9)11(18)19)15-10(17)4-16-6-13-5-14-16/h1-3,5-6H,4H2,(H,15,17)(H,18,19). The number of carboxylic acids is 1. The minimum absolute atomic E-state index is 0.0672. The van der Waals surface area contributed by atoms with Gasteiger partial charge in [-0.25, -0.2) is 18.9 Å². The topological polar surface area (TPSA) is 97.1 Å². The molecule has 0 aliphatic carbocycles. The maximum atomic E-state index is 13.4. The van der Waals surface area contributed by atoms with Crippen molar-refractivity contribution in [3.63, 3.8) is 0 Å². The van der Waals surface area contributed by atoms with Gasteiger partial charge in [0.2, 0.25) is 5.91 Å². The summed E-state index contributed by atoms with van der Waals surface area (Å²) in [6, 6.07) is 3.34. The molecule has 0 radical (unpaired) electrons. The molecule has 1 aromatic carbocycles. The zero-order valence-electron chi connectivity index (χ0n) is 9.58.